The third kappa shape index (κ3) is 6.11. The first-order valence-electron chi connectivity index (χ1n) is 14.2. The van der Waals surface area contributed by atoms with Gasteiger partial charge in [0.2, 0.25) is 11.6 Å². The molecule has 2 aliphatic carbocycles. The molecule has 0 saturated carbocycles. The number of para-hydroxylation sites is 2. The van der Waals surface area contributed by atoms with Crippen LogP contribution in [0.5, 0.6) is 11.5 Å². The summed E-state index contributed by atoms with van der Waals surface area (Å²) in [6.45, 7) is 0. The zero-order valence-electron chi connectivity index (χ0n) is 23.5. The van der Waals surface area contributed by atoms with Gasteiger partial charge in [0, 0.05) is 24.0 Å². The number of benzene rings is 4. The Kier molecular flexibility index (Phi) is 7.88. The van der Waals surface area contributed by atoms with E-state index >= 15 is 0 Å². The lowest BCUT2D eigenvalue weighted by Crippen LogP contribution is -2.44. The zero-order chi connectivity index (χ0) is 29.5. The van der Waals surface area contributed by atoms with Crippen molar-refractivity contribution >= 4 is 11.6 Å². The number of carbonyl (C=O) groups is 2. The summed E-state index contributed by atoms with van der Waals surface area (Å²) in [5.74, 6) is 2.09. The summed E-state index contributed by atoms with van der Waals surface area (Å²) in [5.41, 5.74) is -1.30. The van der Waals surface area contributed by atoms with Gasteiger partial charge in [0.15, 0.2) is 11.2 Å². The minimum atomic E-state index is -1.22. The van der Waals surface area contributed by atoms with Crippen LogP contribution in [0, 0.1) is 0 Å². The van der Waals surface area contributed by atoms with Crippen LogP contribution in [-0.2, 0) is 4.74 Å². The Balaban J connectivity index is 1.21. The van der Waals surface area contributed by atoms with Crippen molar-refractivity contribution in [2.24, 2.45) is 0 Å². The quantitative estimate of drug-likeness (QED) is 0.182. The van der Waals surface area contributed by atoms with Gasteiger partial charge in [0.05, 0.1) is 0 Å². The van der Waals surface area contributed by atoms with Gasteiger partial charge in [-0.25, -0.2) is 0 Å². The molecule has 2 unspecified atom stereocenters. The Morgan fingerprint density at radius 2 is 0.837 bits per heavy atom. The number of hydrogen-bond donors (Lipinski definition) is 0. The number of rotatable bonds is 10. The summed E-state index contributed by atoms with van der Waals surface area (Å²) in [6, 6.07) is 36.9. The average Bonchev–Trinajstić information content (AvgIpc) is 3.08. The lowest BCUT2D eigenvalue weighted by Gasteiger charge is -2.33. The van der Waals surface area contributed by atoms with E-state index in [9.17, 15) is 9.59 Å². The molecule has 6 rings (SSSR count). The topological polar surface area (TPSA) is 61.8 Å². The third-order valence-corrected chi connectivity index (χ3v) is 7.41. The van der Waals surface area contributed by atoms with Crippen LogP contribution < -0.4 is 9.47 Å². The monoisotopic (exact) mass is 566 g/mol. The zero-order valence-corrected chi connectivity index (χ0v) is 23.5. The SMILES string of the molecule is O=C(c1ccccc1)C1(Oc2ccccc2)C=CC(OC2=CCC(Oc3ccccc3)(C(=O)c3ccccc3)C=C2)=CC1. The molecular formula is C38H30O5. The second kappa shape index (κ2) is 12.2. The maximum atomic E-state index is 13.7. The van der Waals surface area contributed by atoms with Crippen LogP contribution in [0.4, 0.5) is 0 Å². The van der Waals surface area contributed by atoms with E-state index in [1.54, 1.807) is 48.6 Å². The van der Waals surface area contributed by atoms with Crippen LogP contribution in [0.2, 0.25) is 0 Å². The van der Waals surface area contributed by atoms with Crippen molar-refractivity contribution in [3.63, 3.8) is 0 Å². The molecule has 0 radical (unpaired) electrons. The molecule has 0 spiro atoms. The first-order valence-corrected chi connectivity index (χ1v) is 14.2. The molecule has 2 aliphatic rings. The molecule has 5 heteroatoms. The highest BCUT2D eigenvalue weighted by Crippen LogP contribution is 2.35. The Morgan fingerprint density at radius 1 is 0.488 bits per heavy atom. The fourth-order valence-corrected chi connectivity index (χ4v) is 5.14. The van der Waals surface area contributed by atoms with E-state index < -0.39 is 11.2 Å². The van der Waals surface area contributed by atoms with Crippen molar-refractivity contribution in [3.8, 4) is 11.5 Å². The number of ketones is 2. The molecule has 2 atom stereocenters. The molecule has 0 heterocycles. The van der Waals surface area contributed by atoms with E-state index in [4.69, 9.17) is 14.2 Å². The van der Waals surface area contributed by atoms with E-state index in [2.05, 4.69) is 0 Å². The Bertz CT molecular complexity index is 1580. The van der Waals surface area contributed by atoms with Crippen LogP contribution in [-0.4, -0.2) is 22.8 Å². The van der Waals surface area contributed by atoms with Gasteiger partial charge in [-0.2, -0.15) is 0 Å². The van der Waals surface area contributed by atoms with Crippen molar-refractivity contribution in [2.75, 3.05) is 0 Å². The van der Waals surface area contributed by atoms with E-state index in [0.29, 0.717) is 34.1 Å². The summed E-state index contributed by atoms with van der Waals surface area (Å²) in [4.78, 5) is 27.4. The molecule has 0 saturated heterocycles. The van der Waals surface area contributed by atoms with Crippen LogP contribution in [0.3, 0.4) is 0 Å². The molecule has 0 aromatic heterocycles. The highest BCUT2D eigenvalue weighted by Gasteiger charge is 2.41. The Labute approximate surface area is 251 Å². The summed E-state index contributed by atoms with van der Waals surface area (Å²) in [6.07, 6.45) is 11.3. The predicted octanol–water partition coefficient (Wildman–Crippen LogP) is 8.09. The van der Waals surface area contributed by atoms with E-state index in [1.165, 1.54) is 0 Å². The van der Waals surface area contributed by atoms with Crippen LogP contribution in [0.25, 0.3) is 0 Å². The number of Topliss-reactive ketones (excluding diaryl/α,β-unsaturated/α-hetero) is 2. The Hall–Kier alpha value is -5.42. The molecule has 212 valence electrons. The Morgan fingerprint density at radius 3 is 1.16 bits per heavy atom. The molecule has 4 aromatic carbocycles. The molecule has 0 N–H and O–H groups in total. The molecule has 0 bridgehead atoms. The summed E-state index contributed by atoms with van der Waals surface area (Å²) in [7, 11) is 0. The van der Waals surface area contributed by atoms with Crippen molar-refractivity contribution in [2.45, 2.75) is 24.0 Å². The van der Waals surface area contributed by atoms with E-state index in [1.807, 2.05) is 109 Å². The van der Waals surface area contributed by atoms with Crippen LogP contribution in [0.1, 0.15) is 33.6 Å². The van der Waals surface area contributed by atoms with Gasteiger partial charge in [-0.1, -0.05) is 97.1 Å². The second-order valence-corrected chi connectivity index (χ2v) is 10.4. The van der Waals surface area contributed by atoms with Gasteiger partial charge in [0.1, 0.15) is 23.0 Å². The fraction of sp³-hybridized carbons (Fsp3) is 0.105. The fourth-order valence-electron chi connectivity index (χ4n) is 5.14. The minimum Gasteiger partial charge on any atom is -0.475 e. The predicted molar refractivity (Wildman–Crippen MR) is 166 cm³/mol. The van der Waals surface area contributed by atoms with Gasteiger partial charge in [-0.3, -0.25) is 9.59 Å². The molecule has 5 nitrogen and oxygen atoms in total. The van der Waals surface area contributed by atoms with Crippen molar-refractivity contribution in [1.82, 2.24) is 0 Å². The first-order chi connectivity index (χ1) is 21.1. The molecule has 4 aromatic rings. The highest BCUT2D eigenvalue weighted by molar-refractivity contribution is 6.05. The smallest absolute Gasteiger partial charge is 0.210 e. The maximum absolute atomic E-state index is 13.7. The number of allylic oxidation sites excluding steroid dienone is 2. The lowest BCUT2D eigenvalue weighted by molar-refractivity contribution is 0.0612. The number of ether oxygens (including phenoxy) is 3. The number of hydrogen-bond acceptors (Lipinski definition) is 5. The highest BCUT2D eigenvalue weighted by atomic mass is 16.5. The maximum Gasteiger partial charge on any atom is 0.210 e. The van der Waals surface area contributed by atoms with E-state index in [-0.39, 0.29) is 24.4 Å². The minimum absolute atomic E-state index is 0.137. The van der Waals surface area contributed by atoms with Gasteiger partial charge in [-0.05, 0) is 60.7 Å². The first kappa shape index (κ1) is 27.7. The van der Waals surface area contributed by atoms with Gasteiger partial charge in [0.25, 0.3) is 0 Å². The lowest BCUT2D eigenvalue weighted by atomic mass is 9.85. The third-order valence-electron chi connectivity index (χ3n) is 7.41. The van der Waals surface area contributed by atoms with Gasteiger partial charge < -0.3 is 14.2 Å². The summed E-state index contributed by atoms with van der Waals surface area (Å²) < 4.78 is 18.9. The normalized spacial score (nSPS) is 20.8. The van der Waals surface area contributed by atoms with E-state index in [0.717, 1.165) is 0 Å². The molecular weight excluding hydrogens is 536 g/mol. The molecule has 43 heavy (non-hydrogen) atoms. The van der Waals surface area contributed by atoms with Gasteiger partial charge in [-0.15, -0.1) is 0 Å². The molecule has 0 fully saturated rings. The standard InChI is InChI=1S/C38H30O5/c39-35(29-13-5-1-6-14-29)37(42-33-17-9-3-10-18-33)25-21-31(22-26-37)41-32-23-27-38(28-24-32,43-34-19-11-4-12-20-34)36(40)30-15-7-2-8-16-30/h1-25,27H,26,28H2. The molecule has 0 aliphatic heterocycles. The van der Waals surface area contributed by atoms with Crippen molar-refractivity contribution < 1.29 is 23.8 Å². The summed E-state index contributed by atoms with van der Waals surface area (Å²) in [5, 5.41) is 0. The largest absolute Gasteiger partial charge is 0.475 e. The average molecular weight is 567 g/mol. The second-order valence-electron chi connectivity index (χ2n) is 10.4. The van der Waals surface area contributed by atoms with Crippen LogP contribution in [0.15, 0.2) is 169 Å². The van der Waals surface area contributed by atoms with Crippen LogP contribution >= 0.6 is 0 Å². The van der Waals surface area contributed by atoms with Gasteiger partial charge >= 0.3 is 0 Å². The van der Waals surface area contributed by atoms with Crippen molar-refractivity contribution in [1.29, 1.82) is 0 Å². The summed E-state index contributed by atoms with van der Waals surface area (Å²) >= 11 is 0. The van der Waals surface area contributed by atoms with Crippen molar-refractivity contribution in [3.05, 3.63) is 180 Å². The molecule has 0 amide bonds. The number of carbonyl (C=O) groups excluding carboxylic acids is 2.